The van der Waals surface area contributed by atoms with E-state index >= 15 is 4.39 Å². The number of ether oxygens (including phenoxy) is 1. The number of carbonyl (C=O) groups is 1. The Bertz CT molecular complexity index is 1230. The molecule has 1 aromatic heterocycles. The quantitative estimate of drug-likeness (QED) is 0.395. The first-order valence-corrected chi connectivity index (χ1v) is 15.5. The third-order valence-electron chi connectivity index (χ3n) is 7.30. The lowest BCUT2D eigenvalue weighted by Gasteiger charge is -2.39. The molecule has 0 radical (unpaired) electrons. The number of carbonyl (C=O) groups excluding carboxylic acids is 1. The summed E-state index contributed by atoms with van der Waals surface area (Å²) in [7, 11) is -3.43. The van der Waals surface area contributed by atoms with Gasteiger partial charge in [0.2, 0.25) is 15.9 Å². The second-order valence-corrected chi connectivity index (χ2v) is 12.7. The Morgan fingerprint density at radius 2 is 1.95 bits per heavy atom. The molecule has 1 aromatic carbocycles. The highest BCUT2D eigenvalue weighted by atomic mass is 35.5. The average Bonchev–Trinajstić information content (AvgIpc) is 2.89. The number of pyridine rings is 1. The Labute approximate surface area is 234 Å². The zero-order valence-electron chi connectivity index (χ0n) is 22.3. The van der Waals surface area contributed by atoms with Gasteiger partial charge in [-0.1, -0.05) is 23.7 Å². The van der Waals surface area contributed by atoms with Crippen LogP contribution in [0, 0.1) is 5.82 Å². The molecule has 3 atom stereocenters. The van der Waals surface area contributed by atoms with Crippen LogP contribution < -0.4 is 16.0 Å². The van der Waals surface area contributed by atoms with Gasteiger partial charge in [0.05, 0.1) is 24.3 Å². The lowest BCUT2D eigenvalue weighted by atomic mass is 10.00. The van der Waals surface area contributed by atoms with Gasteiger partial charge >= 0.3 is 0 Å². The van der Waals surface area contributed by atoms with Gasteiger partial charge in [0.1, 0.15) is 11.9 Å². The highest BCUT2D eigenvalue weighted by Gasteiger charge is 2.34. The number of hydrogen-bond acceptors (Lipinski definition) is 7. The van der Waals surface area contributed by atoms with Gasteiger partial charge in [-0.25, -0.2) is 12.8 Å². The van der Waals surface area contributed by atoms with Crippen molar-refractivity contribution >= 4 is 33.2 Å². The van der Waals surface area contributed by atoms with Gasteiger partial charge in [-0.3, -0.25) is 9.78 Å². The van der Waals surface area contributed by atoms with Gasteiger partial charge < -0.3 is 20.7 Å². The minimum absolute atomic E-state index is 0.00800. The highest BCUT2D eigenvalue weighted by Crippen LogP contribution is 2.25. The molecule has 3 heterocycles. The van der Waals surface area contributed by atoms with E-state index in [-0.39, 0.29) is 30.5 Å². The van der Waals surface area contributed by atoms with Crippen LogP contribution in [-0.4, -0.2) is 80.3 Å². The van der Waals surface area contributed by atoms with E-state index in [2.05, 4.69) is 20.9 Å². The zero-order valence-corrected chi connectivity index (χ0v) is 23.9. The fourth-order valence-electron chi connectivity index (χ4n) is 5.37. The monoisotopic (exact) mass is 581 g/mol. The minimum Gasteiger partial charge on any atom is -0.381 e. The molecule has 39 heavy (non-hydrogen) atoms. The first-order chi connectivity index (χ1) is 18.6. The second-order valence-electron chi connectivity index (χ2n) is 10.4. The summed E-state index contributed by atoms with van der Waals surface area (Å²) >= 11 is 6.05. The van der Waals surface area contributed by atoms with Gasteiger partial charge in [-0.15, -0.1) is 0 Å². The maximum absolute atomic E-state index is 15.1. The SMILES string of the molecule is C[C@@H]1CNC[C@H](CCc2c(F)cncc2N[C@@H](Cc2ccc(Cl)cc2)C(=O)NC2CCOCC2)N1S(C)(=O)=O. The molecule has 0 saturated carbocycles. The Hall–Kier alpha value is -2.31. The van der Waals surface area contributed by atoms with Gasteiger partial charge in [-0.05, 0) is 50.3 Å². The number of rotatable bonds is 10. The number of piperazine rings is 1. The molecular weight excluding hydrogens is 545 g/mol. The van der Waals surface area contributed by atoms with E-state index in [0.29, 0.717) is 55.4 Å². The molecule has 12 heteroatoms. The van der Waals surface area contributed by atoms with E-state index in [9.17, 15) is 13.2 Å². The lowest BCUT2D eigenvalue weighted by molar-refractivity contribution is -0.123. The van der Waals surface area contributed by atoms with Crippen LogP contribution in [-0.2, 0) is 32.4 Å². The average molecular weight is 582 g/mol. The van der Waals surface area contributed by atoms with Crippen LogP contribution in [0.2, 0.25) is 5.02 Å². The molecule has 2 fully saturated rings. The first-order valence-electron chi connectivity index (χ1n) is 13.3. The molecule has 2 saturated heterocycles. The number of nitrogens with zero attached hydrogens (tertiary/aromatic N) is 2. The molecule has 2 aromatic rings. The molecular formula is C27H37ClFN5O4S. The number of sulfonamides is 1. The summed E-state index contributed by atoms with van der Waals surface area (Å²) in [5, 5.41) is 10.2. The molecule has 214 valence electrons. The van der Waals surface area contributed by atoms with Crippen LogP contribution in [0.25, 0.3) is 0 Å². The maximum Gasteiger partial charge on any atom is 0.243 e. The van der Waals surface area contributed by atoms with E-state index < -0.39 is 21.9 Å². The number of nitrogens with one attached hydrogen (secondary N) is 3. The number of hydrogen-bond donors (Lipinski definition) is 3. The lowest BCUT2D eigenvalue weighted by Crippen LogP contribution is -2.58. The van der Waals surface area contributed by atoms with E-state index in [1.54, 1.807) is 12.1 Å². The summed E-state index contributed by atoms with van der Waals surface area (Å²) in [4.78, 5) is 17.5. The Morgan fingerprint density at radius 3 is 2.64 bits per heavy atom. The van der Waals surface area contributed by atoms with Crippen LogP contribution in [0.3, 0.4) is 0 Å². The normalized spacial score (nSPS) is 21.8. The van der Waals surface area contributed by atoms with Crippen molar-refractivity contribution < 1.29 is 22.3 Å². The molecule has 0 bridgehead atoms. The molecule has 1 amide bonds. The van der Waals surface area contributed by atoms with Crippen LogP contribution >= 0.6 is 11.6 Å². The van der Waals surface area contributed by atoms with Crippen LogP contribution in [0.5, 0.6) is 0 Å². The van der Waals surface area contributed by atoms with Crippen LogP contribution in [0.4, 0.5) is 10.1 Å². The van der Waals surface area contributed by atoms with Crippen molar-refractivity contribution in [1.82, 2.24) is 19.9 Å². The summed E-state index contributed by atoms with van der Waals surface area (Å²) in [5.41, 5.74) is 1.69. The van der Waals surface area contributed by atoms with Gasteiger partial charge in [0, 0.05) is 61.4 Å². The molecule has 3 N–H and O–H groups in total. The third kappa shape index (κ3) is 8.11. The summed E-state index contributed by atoms with van der Waals surface area (Å²) in [6.07, 6.45) is 6.38. The topological polar surface area (TPSA) is 113 Å². The minimum atomic E-state index is -3.43. The number of benzene rings is 1. The fourth-order valence-corrected chi connectivity index (χ4v) is 6.95. The Balaban J connectivity index is 1.54. The molecule has 9 nitrogen and oxygen atoms in total. The van der Waals surface area contributed by atoms with Crippen molar-refractivity contribution in [2.75, 3.05) is 37.9 Å². The predicted molar refractivity (Wildman–Crippen MR) is 150 cm³/mol. The summed E-state index contributed by atoms with van der Waals surface area (Å²) in [5.74, 6) is -0.696. The largest absolute Gasteiger partial charge is 0.381 e. The van der Waals surface area contributed by atoms with Crippen molar-refractivity contribution in [2.24, 2.45) is 0 Å². The van der Waals surface area contributed by atoms with Gasteiger partial charge in [0.25, 0.3) is 0 Å². The zero-order chi connectivity index (χ0) is 28.0. The molecule has 4 rings (SSSR count). The Kier molecular flexibility index (Phi) is 10.2. The van der Waals surface area contributed by atoms with Crippen LogP contribution in [0.1, 0.15) is 37.3 Å². The summed E-state index contributed by atoms with van der Waals surface area (Å²) in [6, 6.07) is 6.07. The van der Waals surface area contributed by atoms with Crippen molar-refractivity contribution in [1.29, 1.82) is 0 Å². The molecule has 0 aliphatic carbocycles. The second kappa shape index (κ2) is 13.4. The maximum atomic E-state index is 15.1. The summed E-state index contributed by atoms with van der Waals surface area (Å²) in [6.45, 7) is 4.10. The smallest absolute Gasteiger partial charge is 0.243 e. The summed E-state index contributed by atoms with van der Waals surface area (Å²) < 4.78 is 47.0. The van der Waals surface area contributed by atoms with Crippen molar-refractivity contribution in [3.05, 3.63) is 58.6 Å². The van der Waals surface area contributed by atoms with Crippen LogP contribution in [0.15, 0.2) is 36.7 Å². The molecule has 2 aliphatic rings. The number of aromatic nitrogens is 1. The highest BCUT2D eigenvalue weighted by molar-refractivity contribution is 7.88. The van der Waals surface area contributed by atoms with E-state index in [1.165, 1.54) is 16.8 Å². The number of anilines is 1. The molecule has 0 spiro atoms. The standard InChI is InChI=1S/C27H37ClFN5O4S/c1-18-14-30-15-22(34(18)39(2,36)37)7-8-23-24(29)16-31-17-26(23)33-25(13-19-3-5-20(28)6-4-19)27(35)32-21-9-11-38-12-10-21/h3-6,16-18,21-22,25,30,33H,7-15H2,1-2H3,(H,32,35)/t18-,22+,25+/m1/s1. The predicted octanol–water partition coefficient (Wildman–Crippen LogP) is 2.75. The van der Waals surface area contributed by atoms with Crippen molar-refractivity contribution in [3.8, 4) is 0 Å². The van der Waals surface area contributed by atoms with Gasteiger partial charge in [0.15, 0.2) is 0 Å². The van der Waals surface area contributed by atoms with E-state index in [4.69, 9.17) is 16.3 Å². The molecule has 2 aliphatic heterocycles. The third-order valence-corrected chi connectivity index (χ3v) is 8.97. The Morgan fingerprint density at radius 1 is 1.23 bits per heavy atom. The van der Waals surface area contributed by atoms with Crippen molar-refractivity contribution in [3.63, 3.8) is 0 Å². The first kappa shape index (κ1) is 29.7. The van der Waals surface area contributed by atoms with E-state index in [1.807, 2.05) is 19.1 Å². The number of amides is 1. The number of halogens is 2. The van der Waals surface area contributed by atoms with Crippen molar-refractivity contribution in [2.45, 2.75) is 63.2 Å². The molecule has 0 unspecified atom stereocenters. The fraction of sp³-hybridized carbons (Fsp3) is 0.556. The van der Waals surface area contributed by atoms with E-state index in [0.717, 1.165) is 24.6 Å². The van der Waals surface area contributed by atoms with Gasteiger partial charge in [-0.2, -0.15) is 4.31 Å².